The van der Waals surface area contributed by atoms with Crippen LogP contribution in [0.5, 0.6) is 0 Å². The third-order valence-electron chi connectivity index (χ3n) is 5.06. The van der Waals surface area contributed by atoms with Gasteiger partial charge >= 0.3 is 6.03 Å². The molecule has 1 aliphatic rings. The van der Waals surface area contributed by atoms with E-state index in [2.05, 4.69) is 35.9 Å². The maximum atomic E-state index is 14.4. The zero-order chi connectivity index (χ0) is 20.4. The van der Waals surface area contributed by atoms with E-state index in [0.29, 0.717) is 28.5 Å². The smallest absolute Gasteiger partial charge is 0.314 e. The van der Waals surface area contributed by atoms with E-state index in [1.54, 1.807) is 25.5 Å². The second-order valence-corrected chi connectivity index (χ2v) is 7.51. The number of rotatable bonds is 4. The molecule has 0 spiro atoms. The molecule has 10 heteroatoms. The summed E-state index contributed by atoms with van der Waals surface area (Å²) in [6.45, 7) is 0. The number of fused-ring (bicyclic) bond motifs is 1. The van der Waals surface area contributed by atoms with Crippen molar-refractivity contribution in [2.45, 2.75) is 37.8 Å². The first-order chi connectivity index (χ1) is 14.0. The van der Waals surface area contributed by atoms with Crippen LogP contribution >= 0.6 is 11.6 Å². The van der Waals surface area contributed by atoms with Gasteiger partial charge in [0.2, 0.25) is 0 Å². The largest absolute Gasteiger partial charge is 0.365 e. The van der Waals surface area contributed by atoms with E-state index in [0.717, 1.165) is 30.8 Å². The first kappa shape index (κ1) is 19.4. The summed E-state index contributed by atoms with van der Waals surface area (Å²) < 4.78 is 14.4. The van der Waals surface area contributed by atoms with Crippen molar-refractivity contribution in [3.05, 3.63) is 35.5 Å². The molecule has 29 heavy (non-hydrogen) atoms. The van der Waals surface area contributed by atoms with E-state index in [1.807, 2.05) is 0 Å². The summed E-state index contributed by atoms with van der Waals surface area (Å²) in [7, 11) is 1.58. The van der Waals surface area contributed by atoms with Gasteiger partial charge in [-0.1, -0.05) is 11.6 Å². The van der Waals surface area contributed by atoms with Crippen molar-refractivity contribution in [3.63, 3.8) is 0 Å². The molecule has 0 saturated heterocycles. The number of urea groups is 1. The van der Waals surface area contributed by atoms with Crippen molar-refractivity contribution < 1.29 is 9.18 Å². The molecule has 152 valence electrons. The van der Waals surface area contributed by atoms with Crippen LogP contribution < -0.4 is 16.0 Å². The molecule has 4 rings (SSSR count). The monoisotopic (exact) mass is 417 g/mol. The number of hydrogen-bond donors (Lipinski definition) is 4. The van der Waals surface area contributed by atoms with Crippen LogP contribution in [0.4, 0.5) is 15.0 Å². The topological polar surface area (TPSA) is 108 Å². The summed E-state index contributed by atoms with van der Waals surface area (Å²) >= 11 is 6.06. The van der Waals surface area contributed by atoms with Crippen LogP contribution in [0.3, 0.4) is 0 Å². The lowest BCUT2D eigenvalue weighted by atomic mass is 9.91. The Labute approximate surface area is 171 Å². The molecular weight excluding hydrogens is 397 g/mol. The number of aromatic amines is 1. The van der Waals surface area contributed by atoms with Gasteiger partial charge in [-0.15, -0.1) is 0 Å². The second-order valence-electron chi connectivity index (χ2n) is 7.07. The number of nitrogens with one attached hydrogen (secondary N) is 4. The van der Waals surface area contributed by atoms with Crippen LogP contribution in [0.25, 0.3) is 22.4 Å². The molecule has 0 aliphatic heterocycles. The SMILES string of the molecule is CNC(=O)NC1CCCC(Nc2nc(-c3c[nH]c4ncc(Cl)cc34)ncc2F)C1. The predicted molar refractivity (Wildman–Crippen MR) is 109 cm³/mol. The van der Waals surface area contributed by atoms with E-state index >= 15 is 0 Å². The van der Waals surface area contributed by atoms with Crippen LogP contribution in [-0.2, 0) is 0 Å². The minimum Gasteiger partial charge on any atom is -0.365 e. The number of amides is 2. The van der Waals surface area contributed by atoms with Crippen molar-refractivity contribution in [1.82, 2.24) is 30.6 Å². The Bertz CT molecular complexity index is 1040. The van der Waals surface area contributed by atoms with E-state index in [9.17, 15) is 9.18 Å². The van der Waals surface area contributed by atoms with Gasteiger partial charge in [-0.05, 0) is 31.7 Å². The standard InChI is InChI=1S/C19H21ClFN7O/c1-22-19(29)27-12-4-2-3-11(6-12)26-18-15(21)9-25-17(28-18)14-8-24-16-13(14)5-10(20)7-23-16/h5,7-9,11-12H,2-4,6H2,1H3,(H,23,24)(H2,22,27,29)(H,25,26,28). The number of hydrogen-bond acceptors (Lipinski definition) is 5. The Balaban J connectivity index is 1.55. The van der Waals surface area contributed by atoms with Crippen molar-refractivity contribution in [3.8, 4) is 11.4 Å². The Morgan fingerprint density at radius 1 is 1.28 bits per heavy atom. The molecule has 1 aliphatic carbocycles. The highest BCUT2D eigenvalue weighted by Gasteiger charge is 2.24. The summed E-state index contributed by atoms with van der Waals surface area (Å²) in [6, 6.07) is 1.60. The zero-order valence-corrected chi connectivity index (χ0v) is 16.6. The average molecular weight is 418 g/mol. The predicted octanol–water partition coefficient (Wildman–Crippen LogP) is 3.46. The fourth-order valence-electron chi connectivity index (χ4n) is 3.66. The van der Waals surface area contributed by atoms with Crippen LogP contribution in [-0.4, -0.2) is 45.1 Å². The molecule has 2 atom stereocenters. The van der Waals surface area contributed by atoms with Crippen LogP contribution in [0.2, 0.25) is 5.02 Å². The normalized spacial score (nSPS) is 19.1. The number of anilines is 1. The van der Waals surface area contributed by atoms with Gasteiger partial charge in [0.25, 0.3) is 0 Å². The Kier molecular flexibility index (Phi) is 5.48. The Morgan fingerprint density at radius 2 is 2.10 bits per heavy atom. The zero-order valence-electron chi connectivity index (χ0n) is 15.8. The van der Waals surface area contributed by atoms with Crippen molar-refractivity contribution in [1.29, 1.82) is 0 Å². The molecule has 0 radical (unpaired) electrons. The Hall–Kier alpha value is -2.94. The van der Waals surface area contributed by atoms with Crippen molar-refractivity contribution in [2.75, 3.05) is 12.4 Å². The molecule has 3 aromatic heterocycles. The number of aromatic nitrogens is 4. The lowest BCUT2D eigenvalue weighted by molar-refractivity contribution is 0.233. The highest BCUT2D eigenvalue weighted by Crippen LogP contribution is 2.29. The fraction of sp³-hybridized carbons (Fsp3) is 0.368. The van der Waals surface area contributed by atoms with Gasteiger partial charge in [-0.3, -0.25) is 0 Å². The van der Waals surface area contributed by atoms with Crippen molar-refractivity contribution in [2.24, 2.45) is 0 Å². The Morgan fingerprint density at radius 3 is 2.93 bits per heavy atom. The van der Waals surface area contributed by atoms with Gasteiger partial charge in [-0.25, -0.2) is 24.1 Å². The van der Waals surface area contributed by atoms with E-state index in [-0.39, 0.29) is 23.9 Å². The lowest BCUT2D eigenvalue weighted by Crippen LogP contribution is -2.45. The van der Waals surface area contributed by atoms with Gasteiger partial charge in [0.15, 0.2) is 17.5 Å². The average Bonchev–Trinajstić information content (AvgIpc) is 3.13. The molecule has 1 fully saturated rings. The molecule has 1 saturated carbocycles. The maximum Gasteiger partial charge on any atom is 0.314 e. The molecule has 3 heterocycles. The summed E-state index contributed by atoms with van der Waals surface area (Å²) in [4.78, 5) is 27.4. The quantitative estimate of drug-likeness (QED) is 0.520. The van der Waals surface area contributed by atoms with Gasteiger partial charge < -0.3 is 20.9 Å². The van der Waals surface area contributed by atoms with Crippen LogP contribution in [0.1, 0.15) is 25.7 Å². The molecular formula is C19H21ClFN7O. The molecule has 2 unspecified atom stereocenters. The summed E-state index contributed by atoms with van der Waals surface area (Å²) in [6.07, 6.45) is 7.83. The van der Waals surface area contributed by atoms with Crippen LogP contribution in [0.15, 0.2) is 24.7 Å². The molecule has 0 bridgehead atoms. The number of pyridine rings is 1. The molecule has 4 N–H and O–H groups in total. The molecule has 8 nitrogen and oxygen atoms in total. The number of carbonyl (C=O) groups excluding carboxylic acids is 1. The van der Waals surface area contributed by atoms with Gasteiger partial charge in [0.05, 0.1) is 11.2 Å². The highest BCUT2D eigenvalue weighted by atomic mass is 35.5. The number of H-pyrrole nitrogens is 1. The van der Waals surface area contributed by atoms with E-state index in [4.69, 9.17) is 11.6 Å². The number of carbonyl (C=O) groups is 1. The van der Waals surface area contributed by atoms with Crippen LogP contribution in [0, 0.1) is 5.82 Å². The summed E-state index contributed by atoms with van der Waals surface area (Å²) in [5.74, 6) is -0.00359. The van der Waals surface area contributed by atoms with E-state index in [1.165, 1.54) is 0 Å². The number of nitrogens with zero attached hydrogens (tertiary/aromatic N) is 3. The number of halogens is 2. The first-order valence-electron chi connectivity index (χ1n) is 9.44. The molecule has 0 aromatic carbocycles. The maximum absolute atomic E-state index is 14.4. The van der Waals surface area contributed by atoms with Gasteiger partial charge in [0, 0.05) is 42.5 Å². The third-order valence-corrected chi connectivity index (χ3v) is 5.27. The minimum absolute atomic E-state index is 0.00207. The highest BCUT2D eigenvalue weighted by molar-refractivity contribution is 6.31. The second kappa shape index (κ2) is 8.20. The third kappa shape index (κ3) is 4.24. The first-order valence-corrected chi connectivity index (χ1v) is 9.81. The lowest BCUT2D eigenvalue weighted by Gasteiger charge is -2.30. The van der Waals surface area contributed by atoms with Gasteiger partial charge in [0.1, 0.15) is 5.65 Å². The summed E-state index contributed by atoms with van der Waals surface area (Å²) in [5.41, 5.74) is 1.35. The fourth-order valence-corrected chi connectivity index (χ4v) is 3.82. The molecule has 2 amide bonds. The van der Waals surface area contributed by atoms with Crippen molar-refractivity contribution >= 4 is 34.5 Å². The minimum atomic E-state index is -0.522. The van der Waals surface area contributed by atoms with E-state index < -0.39 is 5.82 Å². The van der Waals surface area contributed by atoms with Gasteiger partial charge in [-0.2, -0.15) is 0 Å². The molecule has 3 aromatic rings. The summed E-state index contributed by atoms with van der Waals surface area (Å²) in [5, 5.41) is 9.92.